The predicted molar refractivity (Wildman–Crippen MR) is 77.6 cm³/mol. The lowest BCUT2D eigenvalue weighted by Gasteiger charge is -2.17. The van der Waals surface area contributed by atoms with Crippen LogP contribution in [0.2, 0.25) is 0 Å². The fourth-order valence-electron chi connectivity index (χ4n) is 2.28. The third-order valence-electron chi connectivity index (χ3n) is 3.24. The number of hydrogen-bond donors (Lipinski definition) is 0. The van der Waals surface area contributed by atoms with Gasteiger partial charge >= 0.3 is 0 Å². The number of aromatic nitrogens is 2. The zero-order valence-electron chi connectivity index (χ0n) is 10.9. The molecule has 0 N–H and O–H groups in total. The second-order valence-corrected chi connectivity index (χ2v) is 4.55. The number of carbonyl (C=O) groups excluding carboxylic acids is 1. The van der Waals surface area contributed by atoms with Crippen LogP contribution in [-0.4, -0.2) is 15.3 Å². The van der Waals surface area contributed by atoms with Gasteiger partial charge in [-0.25, -0.2) is 4.98 Å². The molecule has 3 nitrogen and oxygen atoms in total. The highest BCUT2D eigenvalue weighted by Gasteiger charge is 2.22. The Hall–Kier alpha value is -2.68. The molecular weight excluding hydrogens is 248 g/mol. The van der Waals surface area contributed by atoms with Crippen molar-refractivity contribution in [1.82, 2.24) is 9.55 Å². The molecule has 1 aromatic heterocycles. The number of carbonyl (C=O) groups is 1. The first-order valence-electron chi connectivity index (χ1n) is 6.48. The van der Waals surface area contributed by atoms with Gasteiger partial charge in [-0.05, 0) is 5.56 Å². The predicted octanol–water partition coefficient (Wildman–Crippen LogP) is 3.36. The molecule has 0 radical (unpaired) electrons. The minimum Gasteiger partial charge on any atom is -0.322 e. The molecule has 0 aliphatic rings. The van der Waals surface area contributed by atoms with Crippen LogP contribution in [0.1, 0.15) is 22.0 Å². The van der Waals surface area contributed by atoms with Gasteiger partial charge in [-0.15, -0.1) is 0 Å². The normalized spacial score (nSPS) is 12.0. The summed E-state index contributed by atoms with van der Waals surface area (Å²) in [6.45, 7) is 0. The van der Waals surface area contributed by atoms with Gasteiger partial charge in [-0.2, -0.15) is 0 Å². The first-order valence-corrected chi connectivity index (χ1v) is 6.48. The van der Waals surface area contributed by atoms with Crippen molar-refractivity contribution in [2.45, 2.75) is 6.04 Å². The van der Waals surface area contributed by atoms with E-state index in [1.165, 1.54) is 0 Å². The third-order valence-corrected chi connectivity index (χ3v) is 3.24. The topological polar surface area (TPSA) is 34.9 Å². The molecule has 0 fully saturated rings. The molecule has 0 bridgehead atoms. The minimum atomic E-state index is -0.374. The highest BCUT2D eigenvalue weighted by atomic mass is 16.1. The molecule has 0 spiro atoms. The van der Waals surface area contributed by atoms with E-state index in [9.17, 15) is 4.79 Å². The Labute approximate surface area is 117 Å². The van der Waals surface area contributed by atoms with E-state index in [-0.39, 0.29) is 11.8 Å². The second kappa shape index (κ2) is 5.53. The van der Waals surface area contributed by atoms with E-state index in [4.69, 9.17) is 0 Å². The van der Waals surface area contributed by atoms with Gasteiger partial charge in [-0.3, -0.25) is 4.79 Å². The molecule has 3 rings (SSSR count). The number of hydrogen-bond acceptors (Lipinski definition) is 2. The molecule has 20 heavy (non-hydrogen) atoms. The molecule has 1 unspecified atom stereocenters. The molecule has 98 valence electrons. The highest BCUT2D eigenvalue weighted by molar-refractivity contribution is 6.00. The second-order valence-electron chi connectivity index (χ2n) is 4.55. The summed E-state index contributed by atoms with van der Waals surface area (Å²) >= 11 is 0. The number of ketones is 1. The maximum atomic E-state index is 12.8. The van der Waals surface area contributed by atoms with Crippen LogP contribution in [-0.2, 0) is 0 Å². The number of imidazole rings is 1. The van der Waals surface area contributed by atoms with Crippen LogP contribution in [0.25, 0.3) is 0 Å². The van der Waals surface area contributed by atoms with E-state index in [2.05, 4.69) is 4.98 Å². The zero-order valence-corrected chi connectivity index (χ0v) is 10.9. The minimum absolute atomic E-state index is 0.0646. The smallest absolute Gasteiger partial charge is 0.190 e. The molecule has 0 saturated heterocycles. The quantitative estimate of drug-likeness (QED) is 0.676. The van der Waals surface area contributed by atoms with Crippen molar-refractivity contribution in [2.75, 3.05) is 0 Å². The van der Waals surface area contributed by atoms with E-state index in [1.807, 2.05) is 71.4 Å². The van der Waals surface area contributed by atoms with E-state index < -0.39 is 0 Å². The van der Waals surface area contributed by atoms with Crippen molar-refractivity contribution in [2.24, 2.45) is 0 Å². The Kier molecular flexibility index (Phi) is 3.42. The van der Waals surface area contributed by atoms with E-state index in [0.717, 1.165) is 5.56 Å². The summed E-state index contributed by atoms with van der Waals surface area (Å²) in [6, 6.07) is 18.7. The molecule has 3 heteroatoms. The lowest BCUT2D eigenvalue weighted by molar-refractivity contribution is 0.0946. The average Bonchev–Trinajstić information content (AvgIpc) is 3.03. The van der Waals surface area contributed by atoms with Gasteiger partial charge in [0.2, 0.25) is 0 Å². The summed E-state index contributed by atoms with van der Waals surface area (Å²) in [5.74, 6) is 0.0646. The molecule has 0 aliphatic heterocycles. The Morgan fingerprint density at radius 1 is 0.950 bits per heavy atom. The van der Waals surface area contributed by atoms with Gasteiger partial charge in [-0.1, -0.05) is 60.7 Å². The lowest BCUT2D eigenvalue weighted by Crippen LogP contribution is -2.20. The summed E-state index contributed by atoms with van der Waals surface area (Å²) in [4.78, 5) is 16.9. The van der Waals surface area contributed by atoms with Crippen molar-refractivity contribution in [3.8, 4) is 0 Å². The van der Waals surface area contributed by atoms with Crippen molar-refractivity contribution in [3.05, 3.63) is 90.5 Å². The van der Waals surface area contributed by atoms with E-state index in [0.29, 0.717) is 5.56 Å². The van der Waals surface area contributed by atoms with Gasteiger partial charge in [0.15, 0.2) is 5.78 Å². The highest BCUT2D eigenvalue weighted by Crippen LogP contribution is 2.22. The van der Waals surface area contributed by atoms with Crippen LogP contribution < -0.4 is 0 Å². The van der Waals surface area contributed by atoms with Gasteiger partial charge in [0.1, 0.15) is 6.04 Å². The molecule has 1 heterocycles. The van der Waals surface area contributed by atoms with Gasteiger partial charge < -0.3 is 4.57 Å². The lowest BCUT2D eigenvalue weighted by atomic mass is 9.97. The van der Waals surface area contributed by atoms with E-state index >= 15 is 0 Å². The fraction of sp³-hybridized carbons (Fsp3) is 0.0588. The molecule has 0 aliphatic carbocycles. The monoisotopic (exact) mass is 262 g/mol. The first-order chi connectivity index (χ1) is 9.86. The standard InChI is InChI=1S/C17H14N2O/c20-17(15-9-5-2-6-10-15)16(19-12-11-18-13-19)14-7-3-1-4-8-14/h1-13,16H. The average molecular weight is 262 g/mol. The van der Waals surface area contributed by atoms with Crippen LogP contribution in [0.4, 0.5) is 0 Å². The van der Waals surface area contributed by atoms with Crippen molar-refractivity contribution in [3.63, 3.8) is 0 Å². The Bertz CT molecular complexity index is 676. The fourth-order valence-corrected chi connectivity index (χ4v) is 2.28. The van der Waals surface area contributed by atoms with Gasteiger partial charge in [0.25, 0.3) is 0 Å². The first kappa shape index (κ1) is 12.4. The molecule has 0 amide bonds. The maximum Gasteiger partial charge on any atom is 0.190 e. The van der Waals surface area contributed by atoms with Crippen molar-refractivity contribution < 1.29 is 4.79 Å². The number of rotatable bonds is 4. The number of benzene rings is 2. The maximum absolute atomic E-state index is 12.8. The van der Waals surface area contributed by atoms with E-state index in [1.54, 1.807) is 12.5 Å². The summed E-state index contributed by atoms with van der Waals surface area (Å²) in [7, 11) is 0. The van der Waals surface area contributed by atoms with Crippen molar-refractivity contribution >= 4 is 5.78 Å². The Morgan fingerprint density at radius 2 is 1.60 bits per heavy atom. The van der Waals surface area contributed by atoms with Crippen LogP contribution >= 0.6 is 0 Å². The van der Waals surface area contributed by atoms with Gasteiger partial charge in [0, 0.05) is 18.0 Å². The summed E-state index contributed by atoms with van der Waals surface area (Å²) in [6.07, 6.45) is 5.19. The SMILES string of the molecule is O=C(c1ccccc1)C(c1ccccc1)n1ccnc1. The molecular formula is C17H14N2O. The number of nitrogens with zero attached hydrogens (tertiary/aromatic N) is 2. The molecule has 2 aromatic carbocycles. The summed E-state index contributed by atoms with van der Waals surface area (Å²) in [5, 5.41) is 0. The third kappa shape index (κ3) is 2.38. The van der Waals surface area contributed by atoms with Gasteiger partial charge in [0.05, 0.1) is 6.33 Å². The molecule has 3 aromatic rings. The Balaban J connectivity index is 2.05. The summed E-state index contributed by atoms with van der Waals surface area (Å²) in [5.41, 5.74) is 1.66. The molecule has 1 atom stereocenters. The molecule has 0 saturated carbocycles. The Morgan fingerprint density at radius 3 is 2.20 bits per heavy atom. The van der Waals surface area contributed by atoms with Crippen LogP contribution in [0.3, 0.4) is 0 Å². The zero-order chi connectivity index (χ0) is 13.8. The largest absolute Gasteiger partial charge is 0.322 e. The number of Topliss-reactive ketones (excluding diaryl/α,β-unsaturated/α-hetero) is 1. The van der Waals surface area contributed by atoms with Crippen LogP contribution in [0.5, 0.6) is 0 Å². The van der Waals surface area contributed by atoms with Crippen LogP contribution in [0, 0.1) is 0 Å². The summed E-state index contributed by atoms with van der Waals surface area (Å²) < 4.78 is 1.84. The van der Waals surface area contributed by atoms with Crippen LogP contribution in [0.15, 0.2) is 79.4 Å². The van der Waals surface area contributed by atoms with Crippen molar-refractivity contribution in [1.29, 1.82) is 0 Å².